The van der Waals surface area contributed by atoms with E-state index in [0.29, 0.717) is 0 Å². The molecule has 2 aromatic rings. The average molecular weight is 237 g/mol. The third-order valence-corrected chi connectivity index (χ3v) is 3.21. The van der Waals surface area contributed by atoms with Gasteiger partial charge in [0, 0.05) is 19.0 Å². The van der Waals surface area contributed by atoms with Crippen LogP contribution in [0.5, 0.6) is 0 Å². The molecule has 0 aliphatic carbocycles. The molecule has 2 rings (SSSR count). The first-order valence-corrected chi connectivity index (χ1v) is 6.03. The molecule has 2 aromatic heterocycles. The summed E-state index contributed by atoms with van der Waals surface area (Å²) in [6.45, 7) is 4.85. The van der Waals surface area contributed by atoms with E-state index in [2.05, 4.69) is 32.8 Å². The Morgan fingerprint density at radius 1 is 1.56 bits per heavy atom. The number of hydrogen-bond acceptors (Lipinski definition) is 5. The minimum absolute atomic E-state index is 0.175. The predicted octanol–water partition coefficient (Wildman–Crippen LogP) is 1.43. The van der Waals surface area contributed by atoms with Gasteiger partial charge in [-0.2, -0.15) is 0 Å². The van der Waals surface area contributed by atoms with Gasteiger partial charge >= 0.3 is 0 Å². The van der Waals surface area contributed by atoms with Crippen LogP contribution in [0.4, 0.5) is 0 Å². The largest absolute Gasteiger partial charge is 0.319 e. The summed E-state index contributed by atoms with van der Waals surface area (Å²) in [7, 11) is 1.94. The van der Waals surface area contributed by atoms with Crippen LogP contribution in [0.15, 0.2) is 11.7 Å². The number of aryl methyl sites for hydroxylation is 2. The number of nitrogens with one attached hydrogen (secondary N) is 1. The molecular formula is C10H15N5S. The second kappa shape index (κ2) is 4.71. The fraction of sp³-hybridized carbons (Fsp3) is 0.500. The van der Waals surface area contributed by atoms with Crippen LogP contribution < -0.4 is 5.32 Å². The molecule has 16 heavy (non-hydrogen) atoms. The second-order valence-corrected chi connectivity index (χ2v) is 4.82. The molecule has 6 heteroatoms. The smallest absolute Gasteiger partial charge is 0.149 e. The summed E-state index contributed by atoms with van der Waals surface area (Å²) in [6, 6.07) is 0.175. The van der Waals surface area contributed by atoms with Gasteiger partial charge < -0.3 is 9.88 Å². The Kier molecular flexibility index (Phi) is 3.31. The van der Waals surface area contributed by atoms with E-state index in [-0.39, 0.29) is 6.04 Å². The van der Waals surface area contributed by atoms with Crippen molar-refractivity contribution in [3.63, 3.8) is 0 Å². The highest BCUT2D eigenvalue weighted by atomic mass is 32.1. The maximum atomic E-state index is 4.40. The Balaban J connectivity index is 1.93. The quantitative estimate of drug-likeness (QED) is 0.874. The van der Waals surface area contributed by atoms with E-state index in [0.717, 1.165) is 23.1 Å². The number of nitrogens with zero attached hydrogens (tertiary/aromatic N) is 4. The number of aromatic nitrogens is 4. The third-order valence-electron chi connectivity index (χ3n) is 2.39. The van der Waals surface area contributed by atoms with Gasteiger partial charge in [0.15, 0.2) is 0 Å². The van der Waals surface area contributed by atoms with Crippen LogP contribution in [0, 0.1) is 6.92 Å². The van der Waals surface area contributed by atoms with Crippen LogP contribution in [0.1, 0.15) is 29.5 Å². The fourth-order valence-corrected chi connectivity index (χ4v) is 2.14. The van der Waals surface area contributed by atoms with E-state index in [1.54, 1.807) is 17.7 Å². The monoisotopic (exact) mass is 237 g/mol. The molecule has 0 aliphatic heterocycles. The zero-order chi connectivity index (χ0) is 11.5. The van der Waals surface area contributed by atoms with Gasteiger partial charge in [0.2, 0.25) is 0 Å². The third kappa shape index (κ3) is 2.45. The van der Waals surface area contributed by atoms with E-state index in [1.165, 1.54) is 0 Å². The SMILES string of the molecule is Cc1nc(CNC(C)c2nncn2C)cs1. The van der Waals surface area contributed by atoms with Crippen LogP contribution in [0.2, 0.25) is 0 Å². The summed E-state index contributed by atoms with van der Waals surface area (Å²) >= 11 is 1.67. The molecule has 0 fully saturated rings. The van der Waals surface area contributed by atoms with Crippen LogP contribution in [-0.4, -0.2) is 19.7 Å². The average Bonchev–Trinajstić information content (AvgIpc) is 2.84. The first-order valence-electron chi connectivity index (χ1n) is 5.15. The van der Waals surface area contributed by atoms with Crippen molar-refractivity contribution in [1.82, 2.24) is 25.1 Å². The lowest BCUT2D eigenvalue weighted by Gasteiger charge is -2.11. The summed E-state index contributed by atoms with van der Waals surface area (Å²) in [4.78, 5) is 4.40. The highest BCUT2D eigenvalue weighted by molar-refractivity contribution is 7.09. The van der Waals surface area contributed by atoms with Crippen molar-refractivity contribution < 1.29 is 0 Å². The molecule has 0 aromatic carbocycles. The van der Waals surface area contributed by atoms with Crippen LogP contribution in [-0.2, 0) is 13.6 Å². The van der Waals surface area contributed by atoms with Gasteiger partial charge in [0.25, 0.3) is 0 Å². The molecule has 86 valence electrons. The van der Waals surface area contributed by atoms with E-state index in [4.69, 9.17) is 0 Å². The van der Waals surface area contributed by atoms with E-state index in [1.807, 2.05) is 18.5 Å². The Morgan fingerprint density at radius 3 is 2.94 bits per heavy atom. The van der Waals surface area contributed by atoms with Crippen LogP contribution >= 0.6 is 11.3 Å². The summed E-state index contributed by atoms with van der Waals surface area (Å²) in [5.74, 6) is 0.937. The topological polar surface area (TPSA) is 55.6 Å². The fourth-order valence-electron chi connectivity index (χ4n) is 1.52. The minimum Gasteiger partial charge on any atom is -0.319 e. The van der Waals surface area contributed by atoms with E-state index >= 15 is 0 Å². The van der Waals surface area contributed by atoms with Crippen molar-refractivity contribution >= 4 is 11.3 Å². The van der Waals surface area contributed by atoms with Gasteiger partial charge in [0.1, 0.15) is 12.2 Å². The lowest BCUT2D eigenvalue weighted by atomic mass is 10.3. The molecule has 2 heterocycles. The van der Waals surface area contributed by atoms with Crippen molar-refractivity contribution in [2.45, 2.75) is 26.4 Å². The predicted molar refractivity (Wildman–Crippen MR) is 63.1 cm³/mol. The van der Waals surface area contributed by atoms with Crippen molar-refractivity contribution in [3.05, 3.63) is 28.2 Å². The second-order valence-electron chi connectivity index (χ2n) is 3.76. The number of hydrogen-bond donors (Lipinski definition) is 1. The van der Waals surface area contributed by atoms with Crippen LogP contribution in [0.25, 0.3) is 0 Å². The van der Waals surface area contributed by atoms with E-state index in [9.17, 15) is 0 Å². The Hall–Kier alpha value is -1.27. The first-order chi connectivity index (χ1) is 7.66. The zero-order valence-corrected chi connectivity index (χ0v) is 10.5. The maximum absolute atomic E-state index is 4.40. The Morgan fingerprint density at radius 2 is 2.38 bits per heavy atom. The normalized spacial score (nSPS) is 12.9. The number of rotatable bonds is 4. The highest BCUT2D eigenvalue weighted by Crippen LogP contribution is 2.11. The molecule has 0 saturated heterocycles. The molecule has 1 atom stereocenters. The highest BCUT2D eigenvalue weighted by Gasteiger charge is 2.10. The maximum Gasteiger partial charge on any atom is 0.149 e. The molecule has 1 unspecified atom stereocenters. The molecular weight excluding hydrogens is 222 g/mol. The zero-order valence-electron chi connectivity index (χ0n) is 9.64. The first kappa shape index (κ1) is 11.2. The molecule has 1 N–H and O–H groups in total. The molecule has 0 amide bonds. The van der Waals surface area contributed by atoms with E-state index < -0.39 is 0 Å². The van der Waals surface area contributed by atoms with Gasteiger partial charge in [-0.25, -0.2) is 4.98 Å². The Bertz CT molecular complexity index is 461. The van der Waals surface area contributed by atoms with Gasteiger partial charge in [-0.15, -0.1) is 21.5 Å². The lowest BCUT2D eigenvalue weighted by Crippen LogP contribution is -2.21. The molecule has 0 saturated carbocycles. The number of thiazole rings is 1. The van der Waals surface area contributed by atoms with Gasteiger partial charge in [0.05, 0.1) is 16.7 Å². The van der Waals surface area contributed by atoms with Crippen molar-refractivity contribution in [3.8, 4) is 0 Å². The van der Waals surface area contributed by atoms with Crippen LogP contribution in [0.3, 0.4) is 0 Å². The molecule has 0 aliphatic rings. The van der Waals surface area contributed by atoms with Gasteiger partial charge in [-0.05, 0) is 13.8 Å². The summed E-state index contributed by atoms with van der Waals surface area (Å²) in [5.41, 5.74) is 1.08. The molecule has 0 spiro atoms. The standard InChI is InChI=1S/C10H15N5S/c1-7(10-14-12-6-15(10)3)11-4-9-5-16-8(2)13-9/h5-7,11H,4H2,1-3H3. The van der Waals surface area contributed by atoms with Crippen molar-refractivity contribution in [1.29, 1.82) is 0 Å². The molecule has 0 bridgehead atoms. The summed E-state index contributed by atoms with van der Waals surface area (Å²) in [6.07, 6.45) is 1.71. The summed E-state index contributed by atoms with van der Waals surface area (Å²) < 4.78 is 1.92. The molecule has 5 nitrogen and oxygen atoms in total. The lowest BCUT2D eigenvalue weighted by molar-refractivity contribution is 0.524. The van der Waals surface area contributed by atoms with Gasteiger partial charge in [-0.1, -0.05) is 0 Å². The molecule has 0 radical (unpaired) electrons. The summed E-state index contributed by atoms with van der Waals surface area (Å²) in [5, 5.41) is 14.5. The Labute approximate surface area is 98.5 Å². The van der Waals surface area contributed by atoms with Crippen molar-refractivity contribution in [2.24, 2.45) is 7.05 Å². The minimum atomic E-state index is 0.175. The van der Waals surface area contributed by atoms with Gasteiger partial charge in [-0.3, -0.25) is 0 Å². The van der Waals surface area contributed by atoms with Crippen molar-refractivity contribution in [2.75, 3.05) is 0 Å².